The summed E-state index contributed by atoms with van der Waals surface area (Å²) in [7, 11) is 0. The molecule has 0 bridgehead atoms. The Balaban J connectivity index is 2.04. The number of hydrogen-bond donors (Lipinski definition) is 0. The van der Waals surface area contributed by atoms with Crippen LogP contribution in [0.3, 0.4) is 0 Å². The van der Waals surface area contributed by atoms with Gasteiger partial charge in [0.05, 0.1) is 32.7 Å². The quantitative estimate of drug-likeness (QED) is 0.685. The second-order valence-corrected chi connectivity index (χ2v) is 5.39. The first-order valence-electron chi connectivity index (χ1n) is 6.29. The van der Waals surface area contributed by atoms with E-state index in [-0.39, 0.29) is 0 Å². The zero-order valence-corrected chi connectivity index (χ0v) is 12.9. The van der Waals surface area contributed by atoms with E-state index in [1.54, 1.807) is 6.07 Å². The molecule has 0 radical (unpaired) electrons. The van der Waals surface area contributed by atoms with E-state index in [1.807, 2.05) is 38.1 Å². The molecule has 0 aliphatic carbocycles. The largest absolute Gasteiger partial charge is 0.361 e. The SMILES string of the molecule is Cc1noc(C)c1-c1ccc(-c2cccc(Cl)c2Cl)nn1. The van der Waals surface area contributed by atoms with Crippen LogP contribution in [0.25, 0.3) is 22.5 Å². The molecule has 0 saturated heterocycles. The number of benzene rings is 1. The molecular formula is C15H11Cl2N3O. The molecule has 0 aliphatic rings. The summed E-state index contributed by atoms with van der Waals surface area (Å²) in [6, 6.07) is 9.14. The first kappa shape index (κ1) is 14.0. The standard InChI is InChI=1S/C15H11Cl2N3O/c1-8-14(9(2)21-20-8)13-7-6-12(18-19-13)10-4-3-5-11(16)15(10)17/h3-7H,1-2H3. The minimum atomic E-state index is 0.471. The van der Waals surface area contributed by atoms with Gasteiger partial charge in [-0.25, -0.2) is 0 Å². The third-order valence-electron chi connectivity index (χ3n) is 3.18. The van der Waals surface area contributed by atoms with E-state index in [1.165, 1.54) is 0 Å². The molecule has 4 nitrogen and oxygen atoms in total. The van der Waals surface area contributed by atoms with Crippen LogP contribution in [-0.4, -0.2) is 15.4 Å². The first-order valence-corrected chi connectivity index (χ1v) is 7.05. The van der Waals surface area contributed by atoms with Gasteiger partial charge in [-0.1, -0.05) is 40.5 Å². The van der Waals surface area contributed by atoms with Gasteiger partial charge >= 0.3 is 0 Å². The summed E-state index contributed by atoms with van der Waals surface area (Å²) in [6.45, 7) is 3.72. The summed E-state index contributed by atoms with van der Waals surface area (Å²) in [5.74, 6) is 0.718. The monoisotopic (exact) mass is 319 g/mol. The number of hydrogen-bond acceptors (Lipinski definition) is 4. The van der Waals surface area contributed by atoms with Crippen LogP contribution in [0.1, 0.15) is 11.5 Å². The van der Waals surface area contributed by atoms with E-state index >= 15 is 0 Å². The van der Waals surface area contributed by atoms with E-state index in [9.17, 15) is 0 Å². The fourth-order valence-electron chi connectivity index (χ4n) is 2.16. The van der Waals surface area contributed by atoms with Crippen molar-refractivity contribution < 1.29 is 4.52 Å². The highest BCUT2D eigenvalue weighted by molar-refractivity contribution is 6.43. The normalized spacial score (nSPS) is 10.9. The second kappa shape index (κ2) is 5.47. The van der Waals surface area contributed by atoms with Crippen LogP contribution in [0, 0.1) is 13.8 Å². The fourth-order valence-corrected chi connectivity index (χ4v) is 2.56. The Morgan fingerprint density at radius 3 is 2.29 bits per heavy atom. The van der Waals surface area contributed by atoms with Crippen molar-refractivity contribution in [3.05, 3.63) is 51.8 Å². The maximum Gasteiger partial charge on any atom is 0.143 e. The van der Waals surface area contributed by atoms with Crippen LogP contribution in [0.5, 0.6) is 0 Å². The van der Waals surface area contributed by atoms with Crippen molar-refractivity contribution in [3.63, 3.8) is 0 Å². The number of nitrogens with zero attached hydrogens (tertiary/aromatic N) is 3. The van der Waals surface area contributed by atoms with Gasteiger partial charge in [0.1, 0.15) is 5.76 Å². The van der Waals surface area contributed by atoms with Crippen molar-refractivity contribution in [2.24, 2.45) is 0 Å². The molecule has 3 rings (SSSR count). The van der Waals surface area contributed by atoms with Crippen molar-refractivity contribution >= 4 is 23.2 Å². The van der Waals surface area contributed by atoms with Crippen LogP contribution < -0.4 is 0 Å². The Hall–Kier alpha value is -1.91. The zero-order chi connectivity index (χ0) is 15.0. The minimum Gasteiger partial charge on any atom is -0.361 e. The van der Waals surface area contributed by atoms with Crippen LogP contribution in [-0.2, 0) is 0 Å². The lowest BCUT2D eigenvalue weighted by molar-refractivity contribution is 0.393. The lowest BCUT2D eigenvalue weighted by Crippen LogP contribution is -1.93. The Morgan fingerprint density at radius 2 is 1.67 bits per heavy atom. The van der Waals surface area contributed by atoms with E-state index < -0.39 is 0 Å². The Kier molecular flexibility index (Phi) is 3.66. The van der Waals surface area contributed by atoms with Crippen molar-refractivity contribution in [2.45, 2.75) is 13.8 Å². The molecular weight excluding hydrogens is 309 g/mol. The average Bonchev–Trinajstić information content (AvgIpc) is 2.82. The molecule has 2 heterocycles. The molecule has 0 amide bonds. The van der Waals surface area contributed by atoms with Gasteiger partial charge in [-0.3, -0.25) is 0 Å². The van der Waals surface area contributed by atoms with Crippen LogP contribution >= 0.6 is 23.2 Å². The summed E-state index contributed by atoms with van der Waals surface area (Å²) in [4.78, 5) is 0. The van der Waals surface area contributed by atoms with Gasteiger partial charge in [-0.15, -0.1) is 10.2 Å². The van der Waals surface area contributed by atoms with Crippen LogP contribution in [0.15, 0.2) is 34.9 Å². The number of halogens is 2. The highest BCUT2D eigenvalue weighted by atomic mass is 35.5. The van der Waals surface area contributed by atoms with Crippen LogP contribution in [0.2, 0.25) is 10.0 Å². The van der Waals surface area contributed by atoms with Crippen molar-refractivity contribution in [2.75, 3.05) is 0 Å². The molecule has 0 saturated carbocycles. The number of aromatic nitrogens is 3. The molecule has 0 spiro atoms. The van der Waals surface area contributed by atoms with Gasteiger partial charge in [0.15, 0.2) is 0 Å². The summed E-state index contributed by atoms with van der Waals surface area (Å²) < 4.78 is 5.14. The van der Waals surface area contributed by atoms with Crippen molar-refractivity contribution in [1.29, 1.82) is 0 Å². The molecule has 2 aromatic heterocycles. The number of aryl methyl sites for hydroxylation is 2. The first-order chi connectivity index (χ1) is 10.1. The predicted molar refractivity (Wildman–Crippen MR) is 82.5 cm³/mol. The maximum absolute atomic E-state index is 6.19. The van der Waals surface area contributed by atoms with Crippen molar-refractivity contribution in [3.8, 4) is 22.5 Å². The van der Waals surface area contributed by atoms with Gasteiger partial charge in [-0.05, 0) is 32.0 Å². The molecule has 106 valence electrons. The van der Waals surface area contributed by atoms with Crippen LogP contribution in [0.4, 0.5) is 0 Å². The molecule has 1 aromatic carbocycles. The third-order valence-corrected chi connectivity index (χ3v) is 4.00. The molecule has 6 heteroatoms. The lowest BCUT2D eigenvalue weighted by Gasteiger charge is -2.05. The molecule has 3 aromatic rings. The summed E-state index contributed by atoms with van der Waals surface area (Å²) in [5, 5.41) is 13.3. The van der Waals surface area contributed by atoms with Gasteiger partial charge in [0, 0.05) is 5.56 Å². The van der Waals surface area contributed by atoms with Gasteiger partial charge in [-0.2, -0.15) is 0 Å². The topological polar surface area (TPSA) is 51.8 Å². The molecule has 0 aliphatic heterocycles. The van der Waals surface area contributed by atoms with Gasteiger partial charge in [0.25, 0.3) is 0 Å². The average molecular weight is 320 g/mol. The fraction of sp³-hybridized carbons (Fsp3) is 0.133. The van der Waals surface area contributed by atoms with E-state index in [0.717, 1.165) is 22.6 Å². The Labute approximate surface area is 131 Å². The van der Waals surface area contributed by atoms with E-state index in [4.69, 9.17) is 27.7 Å². The lowest BCUT2D eigenvalue weighted by atomic mass is 10.1. The Morgan fingerprint density at radius 1 is 0.952 bits per heavy atom. The summed E-state index contributed by atoms with van der Waals surface area (Å²) in [5.41, 5.74) is 3.79. The summed E-state index contributed by atoms with van der Waals surface area (Å²) >= 11 is 12.2. The van der Waals surface area contributed by atoms with E-state index in [2.05, 4.69) is 15.4 Å². The van der Waals surface area contributed by atoms with E-state index in [0.29, 0.717) is 21.4 Å². The molecule has 0 N–H and O–H groups in total. The smallest absolute Gasteiger partial charge is 0.143 e. The second-order valence-electron chi connectivity index (χ2n) is 4.60. The van der Waals surface area contributed by atoms with Gasteiger partial charge in [0.2, 0.25) is 0 Å². The molecule has 0 unspecified atom stereocenters. The minimum absolute atomic E-state index is 0.471. The highest BCUT2D eigenvalue weighted by Gasteiger charge is 2.14. The van der Waals surface area contributed by atoms with Crippen molar-refractivity contribution in [1.82, 2.24) is 15.4 Å². The zero-order valence-electron chi connectivity index (χ0n) is 11.4. The molecule has 21 heavy (non-hydrogen) atoms. The summed E-state index contributed by atoms with van der Waals surface area (Å²) in [6.07, 6.45) is 0. The molecule has 0 atom stereocenters. The maximum atomic E-state index is 6.19. The van der Waals surface area contributed by atoms with Gasteiger partial charge < -0.3 is 4.52 Å². The molecule has 0 fully saturated rings. The number of rotatable bonds is 2. The predicted octanol–water partition coefficient (Wildman–Crippen LogP) is 4.72. The third kappa shape index (κ3) is 2.52. The highest BCUT2D eigenvalue weighted by Crippen LogP contribution is 2.33. The Bertz CT molecular complexity index is 778.